The number of benzene rings is 1. The molecule has 0 unspecified atom stereocenters. The molecule has 0 saturated carbocycles. The first-order chi connectivity index (χ1) is 12.9. The SMILES string of the molecule is CC(=O)OC[C@H]1C[C@H](n2cc(-c3cc(F)c(Cl)c(F)c3)nn2)C[C@@H](C#N)O1. The number of hydrogen-bond donors (Lipinski definition) is 0. The van der Waals surface area contributed by atoms with Gasteiger partial charge in [0.05, 0.1) is 24.4 Å². The van der Waals surface area contributed by atoms with Crippen LogP contribution in [-0.4, -0.2) is 39.8 Å². The highest BCUT2D eigenvalue weighted by molar-refractivity contribution is 6.30. The molecule has 7 nitrogen and oxygen atoms in total. The van der Waals surface area contributed by atoms with E-state index in [1.54, 1.807) is 0 Å². The Labute approximate surface area is 158 Å². The average Bonchev–Trinajstić information content (AvgIpc) is 3.14. The highest BCUT2D eigenvalue weighted by atomic mass is 35.5. The Balaban J connectivity index is 1.80. The summed E-state index contributed by atoms with van der Waals surface area (Å²) < 4.78 is 39.4. The Morgan fingerprint density at radius 2 is 2.15 bits per heavy atom. The summed E-state index contributed by atoms with van der Waals surface area (Å²) in [5.41, 5.74) is 0.460. The van der Waals surface area contributed by atoms with Crippen molar-refractivity contribution in [1.82, 2.24) is 15.0 Å². The number of rotatable bonds is 4. The number of halogens is 3. The van der Waals surface area contributed by atoms with Gasteiger partial charge in [0.1, 0.15) is 35.1 Å². The average molecular weight is 397 g/mol. The number of nitriles is 1. The summed E-state index contributed by atoms with van der Waals surface area (Å²) >= 11 is 5.49. The number of nitrogens with zero attached hydrogens (tertiary/aromatic N) is 4. The summed E-state index contributed by atoms with van der Waals surface area (Å²) in [5, 5.41) is 16.6. The normalized spacial score (nSPS) is 22.3. The molecule has 0 aliphatic carbocycles. The van der Waals surface area contributed by atoms with E-state index in [9.17, 15) is 18.8 Å². The van der Waals surface area contributed by atoms with Crippen molar-refractivity contribution in [2.75, 3.05) is 6.61 Å². The number of ether oxygens (including phenoxy) is 2. The van der Waals surface area contributed by atoms with Crippen LogP contribution in [0.1, 0.15) is 25.8 Å². The van der Waals surface area contributed by atoms with E-state index in [0.29, 0.717) is 12.8 Å². The fraction of sp³-hybridized carbons (Fsp3) is 0.412. The van der Waals surface area contributed by atoms with Crippen molar-refractivity contribution in [3.63, 3.8) is 0 Å². The van der Waals surface area contributed by atoms with Crippen molar-refractivity contribution in [2.45, 2.75) is 38.0 Å². The summed E-state index contributed by atoms with van der Waals surface area (Å²) in [6.07, 6.45) is 1.18. The monoisotopic (exact) mass is 396 g/mol. The van der Waals surface area contributed by atoms with Crippen molar-refractivity contribution in [2.24, 2.45) is 0 Å². The lowest BCUT2D eigenvalue weighted by Gasteiger charge is -2.31. The Morgan fingerprint density at radius 3 is 2.78 bits per heavy atom. The first kappa shape index (κ1) is 19.2. The molecule has 142 valence electrons. The third-order valence-corrected chi connectivity index (χ3v) is 4.52. The van der Waals surface area contributed by atoms with Gasteiger partial charge in [0.25, 0.3) is 0 Å². The van der Waals surface area contributed by atoms with Gasteiger partial charge < -0.3 is 9.47 Å². The summed E-state index contributed by atoms with van der Waals surface area (Å²) in [4.78, 5) is 11.0. The van der Waals surface area contributed by atoms with Gasteiger partial charge in [0.15, 0.2) is 0 Å². The van der Waals surface area contributed by atoms with Crippen molar-refractivity contribution in [3.8, 4) is 17.3 Å². The van der Waals surface area contributed by atoms with Gasteiger partial charge in [-0.1, -0.05) is 16.8 Å². The highest BCUT2D eigenvalue weighted by Crippen LogP contribution is 2.31. The maximum Gasteiger partial charge on any atom is 0.302 e. The largest absolute Gasteiger partial charge is 0.463 e. The molecule has 1 aromatic carbocycles. The van der Waals surface area contributed by atoms with Crippen LogP contribution < -0.4 is 0 Å². The third-order valence-electron chi connectivity index (χ3n) is 4.16. The predicted octanol–water partition coefficient (Wildman–Crippen LogP) is 3.05. The van der Waals surface area contributed by atoms with Crippen LogP contribution in [0.3, 0.4) is 0 Å². The van der Waals surface area contributed by atoms with Gasteiger partial charge in [-0.3, -0.25) is 4.79 Å². The van der Waals surface area contributed by atoms with Crippen LogP contribution in [0.4, 0.5) is 8.78 Å². The molecule has 0 amide bonds. The lowest BCUT2D eigenvalue weighted by Crippen LogP contribution is -2.36. The van der Waals surface area contributed by atoms with Gasteiger partial charge in [-0.15, -0.1) is 5.10 Å². The Hall–Kier alpha value is -2.57. The summed E-state index contributed by atoms with van der Waals surface area (Å²) in [6, 6.07) is 3.95. The number of carbonyl (C=O) groups is 1. The smallest absolute Gasteiger partial charge is 0.302 e. The standard InChI is InChI=1S/C17H15ClF2N4O3/c1-9(25)26-8-13-5-11(4-12(6-21)27-13)24-7-16(22-23-24)10-2-14(19)17(18)15(20)3-10/h2-3,7,11-13H,4-5,8H2,1H3/t11-,12+,13-/m1/s1. The molecule has 0 bridgehead atoms. The van der Waals surface area contributed by atoms with E-state index >= 15 is 0 Å². The van der Waals surface area contributed by atoms with Crippen LogP contribution in [0.15, 0.2) is 18.3 Å². The second-order valence-electron chi connectivity index (χ2n) is 6.14. The molecule has 0 N–H and O–H groups in total. The van der Waals surface area contributed by atoms with Crippen LogP contribution in [0.25, 0.3) is 11.3 Å². The van der Waals surface area contributed by atoms with Gasteiger partial charge in [-0.25, -0.2) is 13.5 Å². The van der Waals surface area contributed by atoms with E-state index < -0.39 is 34.8 Å². The quantitative estimate of drug-likeness (QED) is 0.582. The molecule has 0 spiro atoms. The molecule has 1 fully saturated rings. The predicted molar refractivity (Wildman–Crippen MR) is 89.6 cm³/mol. The number of esters is 1. The number of carbonyl (C=O) groups excluding carboxylic acids is 1. The molecule has 1 saturated heterocycles. The topological polar surface area (TPSA) is 90.0 Å². The van der Waals surface area contributed by atoms with Crippen molar-refractivity contribution in [1.29, 1.82) is 5.26 Å². The summed E-state index contributed by atoms with van der Waals surface area (Å²) in [7, 11) is 0. The van der Waals surface area contributed by atoms with Gasteiger partial charge >= 0.3 is 5.97 Å². The van der Waals surface area contributed by atoms with E-state index in [1.165, 1.54) is 17.8 Å². The van der Waals surface area contributed by atoms with E-state index in [4.69, 9.17) is 21.1 Å². The second-order valence-corrected chi connectivity index (χ2v) is 6.52. The van der Waals surface area contributed by atoms with Crippen LogP contribution in [-0.2, 0) is 14.3 Å². The molecule has 1 aliphatic heterocycles. The van der Waals surface area contributed by atoms with E-state index in [2.05, 4.69) is 10.3 Å². The van der Waals surface area contributed by atoms with Crippen LogP contribution in [0, 0.1) is 23.0 Å². The van der Waals surface area contributed by atoms with Crippen molar-refractivity contribution < 1.29 is 23.0 Å². The Bertz CT molecular complexity index is 876. The maximum atomic E-state index is 13.7. The number of hydrogen-bond acceptors (Lipinski definition) is 6. The minimum absolute atomic E-state index is 0.0270. The molecular weight excluding hydrogens is 382 g/mol. The zero-order chi connectivity index (χ0) is 19.6. The molecule has 2 aromatic rings. The molecule has 3 atom stereocenters. The van der Waals surface area contributed by atoms with Gasteiger partial charge in [-0.2, -0.15) is 5.26 Å². The van der Waals surface area contributed by atoms with Gasteiger partial charge in [0, 0.05) is 18.9 Å². The third kappa shape index (κ3) is 4.40. The van der Waals surface area contributed by atoms with E-state index in [-0.39, 0.29) is 23.9 Å². The molecule has 27 heavy (non-hydrogen) atoms. The summed E-state index contributed by atoms with van der Waals surface area (Å²) in [6.45, 7) is 1.31. The first-order valence-corrected chi connectivity index (χ1v) is 8.50. The van der Waals surface area contributed by atoms with Crippen molar-refractivity contribution >= 4 is 17.6 Å². The molecule has 2 heterocycles. The molecule has 1 aromatic heterocycles. The van der Waals surface area contributed by atoms with Crippen LogP contribution in [0.2, 0.25) is 5.02 Å². The fourth-order valence-electron chi connectivity index (χ4n) is 2.90. The zero-order valence-corrected chi connectivity index (χ0v) is 15.0. The maximum absolute atomic E-state index is 13.7. The lowest BCUT2D eigenvalue weighted by molar-refractivity contribution is -0.149. The molecule has 1 aliphatic rings. The zero-order valence-electron chi connectivity index (χ0n) is 14.2. The van der Waals surface area contributed by atoms with Crippen LogP contribution in [0.5, 0.6) is 0 Å². The Kier molecular flexibility index (Phi) is 5.68. The van der Waals surface area contributed by atoms with Crippen molar-refractivity contribution in [3.05, 3.63) is 35.0 Å². The molecule has 3 rings (SSSR count). The van der Waals surface area contributed by atoms with Gasteiger partial charge in [-0.05, 0) is 18.6 Å². The minimum atomic E-state index is -0.890. The highest BCUT2D eigenvalue weighted by Gasteiger charge is 2.32. The van der Waals surface area contributed by atoms with Gasteiger partial charge in [0.2, 0.25) is 0 Å². The van der Waals surface area contributed by atoms with E-state index in [1.807, 2.05) is 6.07 Å². The first-order valence-electron chi connectivity index (χ1n) is 8.12. The lowest BCUT2D eigenvalue weighted by atomic mass is 9.99. The molecule has 0 radical (unpaired) electrons. The molecule has 10 heteroatoms. The van der Waals surface area contributed by atoms with Crippen LogP contribution >= 0.6 is 11.6 Å². The Morgan fingerprint density at radius 1 is 1.44 bits per heavy atom. The molecular formula is C17H15ClF2N4O3. The number of aromatic nitrogens is 3. The minimum Gasteiger partial charge on any atom is -0.463 e. The fourth-order valence-corrected chi connectivity index (χ4v) is 3.01. The summed E-state index contributed by atoms with van der Waals surface area (Å²) in [5.74, 6) is -2.22. The van der Waals surface area contributed by atoms with E-state index in [0.717, 1.165) is 12.1 Å². The second kappa shape index (κ2) is 7.98.